The van der Waals surface area contributed by atoms with E-state index in [2.05, 4.69) is 20.3 Å². The molecule has 20 heavy (non-hydrogen) atoms. The van der Waals surface area contributed by atoms with Crippen LogP contribution in [-0.2, 0) is 9.53 Å². The summed E-state index contributed by atoms with van der Waals surface area (Å²) in [5, 5.41) is 9.58. The van der Waals surface area contributed by atoms with Gasteiger partial charge in [-0.25, -0.2) is 4.63 Å². The van der Waals surface area contributed by atoms with E-state index in [4.69, 9.17) is 10.5 Å². The number of amides is 2. The molecule has 110 valence electrons. The number of aromatic nitrogens is 2. The number of carbonyl (C=O) groups excluding carboxylic acids is 2. The second kappa shape index (κ2) is 6.33. The van der Waals surface area contributed by atoms with Gasteiger partial charge in [0.15, 0.2) is 0 Å². The fourth-order valence-electron chi connectivity index (χ4n) is 1.91. The number of nitrogens with two attached hydrogens (primary N) is 1. The zero-order chi connectivity index (χ0) is 14.5. The van der Waals surface area contributed by atoms with Crippen LogP contribution in [-0.4, -0.2) is 59.4 Å². The number of rotatable bonds is 4. The fraction of sp³-hybridized carbons (Fsp3) is 0.636. The van der Waals surface area contributed by atoms with E-state index < -0.39 is 11.9 Å². The highest BCUT2D eigenvalue weighted by Crippen LogP contribution is 2.14. The third-order valence-electron chi connectivity index (χ3n) is 2.96. The molecule has 1 saturated heterocycles. The first-order valence-electron chi connectivity index (χ1n) is 6.39. The molecule has 3 N–H and O–H groups in total. The molecule has 1 aliphatic rings. The highest BCUT2D eigenvalue weighted by atomic mass is 16.6. The molecule has 9 nitrogen and oxygen atoms in total. The summed E-state index contributed by atoms with van der Waals surface area (Å²) in [7, 11) is 0. The second-order valence-electron chi connectivity index (χ2n) is 4.38. The Labute approximate surface area is 115 Å². The molecule has 1 unspecified atom stereocenters. The van der Waals surface area contributed by atoms with E-state index in [1.54, 1.807) is 0 Å². The van der Waals surface area contributed by atoms with Gasteiger partial charge in [0.2, 0.25) is 17.4 Å². The van der Waals surface area contributed by atoms with Gasteiger partial charge < -0.3 is 20.7 Å². The van der Waals surface area contributed by atoms with E-state index in [9.17, 15) is 9.59 Å². The maximum atomic E-state index is 12.3. The number of nitrogens with zero attached hydrogens (tertiary/aromatic N) is 3. The highest BCUT2D eigenvalue weighted by Gasteiger charge is 2.35. The molecule has 1 aliphatic heterocycles. The zero-order valence-corrected chi connectivity index (χ0v) is 11.2. The Balaban J connectivity index is 2.12. The van der Waals surface area contributed by atoms with E-state index in [0.29, 0.717) is 13.2 Å². The predicted octanol–water partition coefficient (Wildman–Crippen LogP) is -0.981. The van der Waals surface area contributed by atoms with Crippen molar-refractivity contribution in [1.29, 1.82) is 0 Å². The van der Waals surface area contributed by atoms with Gasteiger partial charge in [0.1, 0.15) is 6.04 Å². The lowest BCUT2D eigenvalue weighted by atomic mass is 10.2. The van der Waals surface area contributed by atoms with Crippen LogP contribution >= 0.6 is 0 Å². The van der Waals surface area contributed by atoms with Gasteiger partial charge >= 0.3 is 0 Å². The first-order valence-corrected chi connectivity index (χ1v) is 6.39. The second-order valence-corrected chi connectivity index (χ2v) is 4.38. The molecule has 1 aromatic rings. The van der Waals surface area contributed by atoms with E-state index in [-0.39, 0.29) is 30.6 Å². The van der Waals surface area contributed by atoms with Crippen LogP contribution in [0.1, 0.15) is 23.8 Å². The molecule has 0 radical (unpaired) electrons. The topological polar surface area (TPSA) is 124 Å². The van der Waals surface area contributed by atoms with Crippen LogP contribution in [0.3, 0.4) is 0 Å². The zero-order valence-electron chi connectivity index (χ0n) is 11.2. The van der Waals surface area contributed by atoms with Crippen molar-refractivity contribution < 1.29 is 19.0 Å². The third-order valence-corrected chi connectivity index (χ3v) is 2.96. The summed E-state index contributed by atoms with van der Waals surface area (Å²) in [5.41, 5.74) is 5.42. The fourth-order valence-corrected chi connectivity index (χ4v) is 1.91. The number of hydrogen-bond acceptors (Lipinski definition) is 7. The molecular weight excluding hydrogens is 266 g/mol. The molecule has 0 spiro atoms. The highest BCUT2D eigenvalue weighted by molar-refractivity contribution is 5.99. The minimum atomic E-state index is -0.695. The minimum absolute atomic E-state index is 0.0832. The predicted molar refractivity (Wildman–Crippen MR) is 67.7 cm³/mol. The normalized spacial score (nSPS) is 18.9. The van der Waals surface area contributed by atoms with E-state index in [1.165, 1.54) is 4.90 Å². The van der Waals surface area contributed by atoms with Crippen molar-refractivity contribution in [1.82, 2.24) is 20.5 Å². The van der Waals surface area contributed by atoms with Gasteiger partial charge in [-0.2, -0.15) is 0 Å². The van der Waals surface area contributed by atoms with Crippen molar-refractivity contribution in [3.8, 4) is 0 Å². The first kappa shape index (κ1) is 14.3. The molecule has 0 bridgehead atoms. The number of nitrogens with one attached hydrogen (secondary N) is 1. The SMILES string of the molecule is CCCNC(=O)C1COCCN1C(=O)c1nonc1N. The standard InChI is InChI=1S/C11H17N5O4/c1-2-3-13-10(17)7-6-19-5-4-16(7)11(18)8-9(12)15-20-14-8/h7H,2-6H2,1H3,(H2,12,15)(H,13,17). The van der Waals surface area contributed by atoms with Gasteiger partial charge in [-0.1, -0.05) is 6.92 Å². The summed E-state index contributed by atoms with van der Waals surface area (Å²) in [5.74, 6) is -0.826. The molecule has 2 rings (SSSR count). The van der Waals surface area contributed by atoms with Crippen molar-refractivity contribution in [2.24, 2.45) is 0 Å². The Morgan fingerprint density at radius 3 is 2.95 bits per heavy atom. The van der Waals surface area contributed by atoms with Gasteiger partial charge in [-0.15, -0.1) is 0 Å². The van der Waals surface area contributed by atoms with Crippen LogP contribution in [0.25, 0.3) is 0 Å². The Kier molecular flexibility index (Phi) is 4.51. The Morgan fingerprint density at radius 1 is 1.50 bits per heavy atom. The van der Waals surface area contributed by atoms with E-state index in [1.807, 2.05) is 6.92 Å². The number of carbonyl (C=O) groups is 2. The molecule has 1 fully saturated rings. The number of hydrogen-bond donors (Lipinski definition) is 2. The lowest BCUT2D eigenvalue weighted by molar-refractivity contribution is -0.130. The van der Waals surface area contributed by atoms with Crippen LogP contribution in [0.4, 0.5) is 5.82 Å². The van der Waals surface area contributed by atoms with E-state index >= 15 is 0 Å². The van der Waals surface area contributed by atoms with E-state index in [0.717, 1.165) is 6.42 Å². The largest absolute Gasteiger partial charge is 0.379 e. The van der Waals surface area contributed by atoms with Gasteiger partial charge in [0.05, 0.1) is 13.2 Å². The number of nitrogen functional groups attached to an aromatic ring is 1. The van der Waals surface area contributed by atoms with Crippen LogP contribution in [0.2, 0.25) is 0 Å². The monoisotopic (exact) mass is 283 g/mol. The molecule has 2 heterocycles. The number of ether oxygens (including phenoxy) is 1. The summed E-state index contributed by atoms with van der Waals surface area (Å²) >= 11 is 0. The average Bonchev–Trinajstić information content (AvgIpc) is 2.90. The van der Waals surface area contributed by atoms with Crippen LogP contribution < -0.4 is 11.1 Å². The molecule has 0 saturated carbocycles. The van der Waals surface area contributed by atoms with Crippen molar-refractivity contribution in [2.45, 2.75) is 19.4 Å². The van der Waals surface area contributed by atoms with Gasteiger partial charge in [0, 0.05) is 13.1 Å². The molecule has 0 aromatic carbocycles. The Hall–Kier alpha value is -2.16. The van der Waals surface area contributed by atoms with Crippen molar-refractivity contribution in [2.75, 3.05) is 32.0 Å². The maximum absolute atomic E-state index is 12.3. The van der Waals surface area contributed by atoms with Gasteiger partial charge in [-0.3, -0.25) is 9.59 Å². The minimum Gasteiger partial charge on any atom is -0.379 e. The summed E-state index contributed by atoms with van der Waals surface area (Å²) in [6.45, 7) is 3.28. The average molecular weight is 283 g/mol. The Morgan fingerprint density at radius 2 is 2.30 bits per heavy atom. The van der Waals surface area contributed by atoms with Gasteiger partial charge in [-0.05, 0) is 16.7 Å². The summed E-state index contributed by atoms with van der Waals surface area (Å²) in [6.07, 6.45) is 0.813. The lowest BCUT2D eigenvalue weighted by Gasteiger charge is -2.33. The molecule has 0 aliphatic carbocycles. The maximum Gasteiger partial charge on any atom is 0.280 e. The van der Waals surface area contributed by atoms with Crippen molar-refractivity contribution in [3.05, 3.63) is 5.69 Å². The number of anilines is 1. The molecule has 9 heteroatoms. The summed E-state index contributed by atoms with van der Waals surface area (Å²) in [4.78, 5) is 25.7. The van der Waals surface area contributed by atoms with Crippen molar-refractivity contribution >= 4 is 17.6 Å². The third kappa shape index (κ3) is 2.87. The van der Waals surface area contributed by atoms with Gasteiger partial charge in [0.25, 0.3) is 5.91 Å². The van der Waals surface area contributed by atoms with Crippen molar-refractivity contribution in [3.63, 3.8) is 0 Å². The molecule has 1 aromatic heterocycles. The summed E-state index contributed by atoms with van der Waals surface area (Å²) < 4.78 is 9.68. The summed E-state index contributed by atoms with van der Waals surface area (Å²) in [6, 6.07) is -0.695. The van der Waals surface area contributed by atoms with Crippen LogP contribution in [0.15, 0.2) is 4.63 Å². The quantitative estimate of drug-likeness (QED) is 0.727. The van der Waals surface area contributed by atoms with Crippen LogP contribution in [0.5, 0.6) is 0 Å². The molecular formula is C11H17N5O4. The lowest BCUT2D eigenvalue weighted by Crippen LogP contribution is -2.56. The smallest absolute Gasteiger partial charge is 0.280 e. The number of morpholine rings is 1. The Bertz CT molecular complexity index is 489. The molecule has 1 atom stereocenters. The molecule has 2 amide bonds. The first-order chi connectivity index (χ1) is 9.65. The van der Waals surface area contributed by atoms with Crippen LogP contribution in [0, 0.1) is 0 Å².